The lowest BCUT2D eigenvalue weighted by molar-refractivity contribution is 1.32. The Morgan fingerprint density at radius 1 is 1.17 bits per heavy atom. The molecule has 0 unspecified atom stereocenters. The smallest absolute Gasteiger partial charge is 0.128 e. The summed E-state index contributed by atoms with van der Waals surface area (Å²) >= 11 is 3.55. The summed E-state index contributed by atoms with van der Waals surface area (Å²) in [4.78, 5) is 4.44. The zero-order valence-corrected chi connectivity index (χ0v) is 11.3. The van der Waals surface area contributed by atoms with Gasteiger partial charge in [-0.05, 0) is 23.6 Å². The fraction of sp³-hybridized carbons (Fsp3) is 0.0714. The highest BCUT2D eigenvalue weighted by atomic mass is 32.2. The van der Waals surface area contributed by atoms with Crippen LogP contribution in [0.5, 0.6) is 0 Å². The number of thiophene rings is 1. The molecule has 3 aromatic rings. The zero-order valence-electron chi connectivity index (χ0n) is 9.67. The molecule has 2 N–H and O–H groups in total. The molecule has 4 heteroatoms. The summed E-state index contributed by atoms with van der Waals surface area (Å²) in [5, 5.41) is 3.23. The maximum absolute atomic E-state index is 6.01. The van der Waals surface area contributed by atoms with E-state index in [-0.39, 0.29) is 0 Å². The topological polar surface area (TPSA) is 38.9 Å². The summed E-state index contributed by atoms with van der Waals surface area (Å²) in [6.07, 6.45) is 0. The first-order valence-corrected chi connectivity index (χ1v) is 7.50. The van der Waals surface area contributed by atoms with Crippen LogP contribution in [0.2, 0.25) is 0 Å². The van der Waals surface area contributed by atoms with Crippen molar-refractivity contribution in [1.29, 1.82) is 0 Å². The summed E-state index contributed by atoms with van der Waals surface area (Å²) in [5.74, 6) is 1.50. The number of thioether (sulfide) groups is 1. The number of rotatable bonds is 3. The van der Waals surface area contributed by atoms with Gasteiger partial charge in [0.15, 0.2) is 0 Å². The highest BCUT2D eigenvalue weighted by Crippen LogP contribution is 2.29. The van der Waals surface area contributed by atoms with E-state index in [0.717, 1.165) is 22.2 Å². The molecule has 0 aliphatic heterocycles. The number of nitrogens with two attached hydrogens (primary N) is 1. The molecule has 0 radical (unpaired) electrons. The van der Waals surface area contributed by atoms with Crippen molar-refractivity contribution >= 4 is 39.8 Å². The molecule has 0 fully saturated rings. The largest absolute Gasteiger partial charge is 0.383 e. The third-order valence-corrected chi connectivity index (χ3v) is 4.88. The summed E-state index contributed by atoms with van der Waals surface area (Å²) in [6, 6.07) is 14.4. The molecular weight excluding hydrogens is 260 g/mol. The molecule has 90 valence electrons. The third kappa shape index (κ3) is 2.35. The van der Waals surface area contributed by atoms with Crippen LogP contribution in [0.1, 0.15) is 5.56 Å². The summed E-state index contributed by atoms with van der Waals surface area (Å²) in [7, 11) is 0. The first kappa shape index (κ1) is 11.6. The van der Waals surface area contributed by atoms with Gasteiger partial charge in [0.25, 0.3) is 0 Å². The van der Waals surface area contributed by atoms with Gasteiger partial charge in [-0.3, -0.25) is 0 Å². The van der Waals surface area contributed by atoms with Gasteiger partial charge < -0.3 is 5.73 Å². The number of para-hydroxylation sites is 1. The molecule has 18 heavy (non-hydrogen) atoms. The second-order valence-corrected chi connectivity index (χ2v) is 6.17. The van der Waals surface area contributed by atoms with Gasteiger partial charge in [0.05, 0.1) is 9.73 Å². The molecule has 0 bridgehead atoms. The second kappa shape index (κ2) is 5.00. The summed E-state index contributed by atoms with van der Waals surface area (Å²) in [6.45, 7) is 0. The van der Waals surface area contributed by atoms with Gasteiger partial charge in [0.1, 0.15) is 5.82 Å². The first-order chi connectivity index (χ1) is 8.83. The van der Waals surface area contributed by atoms with Crippen LogP contribution in [0, 0.1) is 0 Å². The lowest BCUT2D eigenvalue weighted by atomic mass is 10.1. The number of hydrogen-bond acceptors (Lipinski definition) is 4. The van der Waals surface area contributed by atoms with Crippen molar-refractivity contribution in [3.05, 3.63) is 53.4 Å². The van der Waals surface area contributed by atoms with Gasteiger partial charge >= 0.3 is 0 Å². The van der Waals surface area contributed by atoms with Crippen molar-refractivity contribution in [3.8, 4) is 0 Å². The Balaban J connectivity index is 1.89. The Morgan fingerprint density at radius 2 is 2.06 bits per heavy atom. The molecule has 0 amide bonds. The van der Waals surface area contributed by atoms with E-state index in [9.17, 15) is 0 Å². The van der Waals surface area contributed by atoms with Gasteiger partial charge in [-0.1, -0.05) is 24.3 Å². The van der Waals surface area contributed by atoms with Crippen molar-refractivity contribution in [3.63, 3.8) is 0 Å². The Kier molecular flexibility index (Phi) is 3.21. The molecule has 2 heterocycles. The van der Waals surface area contributed by atoms with E-state index in [1.165, 1.54) is 4.21 Å². The first-order valence-electron chi connectivity index (χ1n) is 5.63. The van der Waals surface area contributed by atoms with E-state index >= 15 is 0 Å². The molecule has 0 atom stereocenters. The van der Waals surface area contributed by atoms with E-state index in [1.807, 2.05) is 18.2 Å². The molecule has 2 nitrogen and oxygen atoms in total. The monoisotopic (exact) mass is 272 g/mol. The average Bonchev–Trinajstić information content (AvgIpc) is 2.89. The molecule has 3 rings (SSSR count). The quantitative estimate of drug-likeness (QED) is 0.727. The number of hydrogen-bond donors (Lipinski definition) is 1. The minimum atomic E-state index is 0.637. The Hall–Kier alpha value is -1.52. The standard InChI is InChI=1S/C14H12N2S2/c15-14-11(9-18-13-6-3-7-17-13)8-10-4-1-2-5-12(10)16-14/h1-8H,9H2,(H2,15,16). The number of fused-ring (bicyclic) bond motifs is 1. The summed E-state index contributed by atoms with van der Waals surface area (Å²) < 4.78 is 1.31. The maximum atomic E-state index is 6.01. The number of anilines is 1. The Morgan fingerprint density at radius 3 is 2.89 bits per heavy atom. The average molecular weight is 272 g/mol. The minimum absolute atomic E-state index is 0.637. The fourth-order valence-corrected chi connectivity index (χ4v) is 3.55. The van der Waals surface area contributed by atoms with E-state index in [4.69, 9.17) is 5.73 Å². The van der Waals surface area contributed by atoms with Gasteiger partial charge in [0, 0.05) is 16.7 Å². The number of pyridine rings is 1. The lowest BCUT2D eigenvalue weighted by Gasteiger charge is -2.06. The van der Waals surface area contributed by atoms with E-state index in [1.54, 1.807) is 23.1 Å². The van der Waals surface area contributed by atoms with Crippen LogP contribution in [-0.4, -0.2) is 4.98 Å². The van der Waals surface area contributed by atoms with E-state index < -0.39 is 0 Å². The zero-order chi connectivity index (χ0) is 12.4. The Bertz CT molecular complexity index is 663. The lowest BCUT2D eigenvalue weighted by Crippen LogP contribution is -1.96. The van der Waals surface area contributed by atoms with Crippen LogP contribution in [0.25, 0.3) is 10.9 Å². The predicted octanol–water partition coefficient (Wildman–Crippen LogP) is 4.17. The van der Waals surface area contributed by atoms with Gasteiger partial charge in [0.2, 0.25) is 0 Å². The van der Waals surface area contributed by atoms with E-state index in [0.29, 0.717) is 5.82 Å². The second-order valence-electron chi connectivity index (χ2n) is 3.95. The molecule has 0 spiro atoms. The number of nitrogen functional groups attached to an aromatic ring is 1. The van der Waals surface area contributed by atoms with E-state index in [2.05, 4.69) is 34.6 Å². The minimum Gasteiger partial charge on any atom is -0.383 e. The molecule has 1 aromatic carbocycles. The molecule has 0 saturated heterocycles. The van der Waals surface area contributed by atoms with Gasteiger partial charge in [-0.15, -0.1) is 23.1 Å². The SMILES string of the molecule is Nc1nc2ccccc2cc1CSc1cccs1. The van der Waals surface area contributed by atoms with Crippen LogP contribution in [0.4, 0.5) is 5.82 Å². The molecule has 0 aliphatic carbocycles. The molecule has 0 aliphatic rings. The molecule has 0 saturated carbocycles. The van der Waals surface area contributed by atoms with Crippen molar-refractivity contribution in [2.24, 2.45) is 0 Å². The van der Waals surface area contributed by atoms with Crippen LogP contribution in [0.3, 0.4) is 0 Å². The molecular formula is C14H12N2S2. The Labute approximate surface area is 114 Å². The van der Waals surface area contributed by atoms with Gasteiger partial charge in [-0.2, -0.15) is 0 Å². The number of nitrogens with zero attached hydrogens (tertiary/aromatic N) is 1. The summed E-state index contributed by atoms with van der Waals surface area (Å²) in [5.41, 5.74) is 8.07. The normalized spacial score (nSPS) is 10.9. The van der Waals surface area contributed by atoms with Gasteiger partial charge in [-0.25, -0.2) is 4.98 Å². The molecule has 2 aromatic heterocycles. The third-order valence-electron chi connectivity index (χ3n) is 2.70. The van der Waals surface area contributed by atoms with Crippen LogP contribution in [-0.2, 0) is 5.75 Å². The van der Waals surface area contributed by atoms with Crippen molar-refractivity contribution in [1.82, 2.24) is 4.98 Å². The van der Waals surface area contributed by atoms with Crippen LogP contribution < -0.4 is 5.73 Å². The number of benzene rings is 1. The highest BCUT2D eigenvalue weighted by molar-refractivity contribution is 8.00. The van der Waals surface area contributed by atoms with Crippen molar-refractivity contribution in [2.45, 2.75) is 9.96 Å². The predicted molar refractivity (Wildman–Crippen MR) is 80.0 cm³/mol. The number of aromatic nitrogens is 1. The van der Waals surface area contributed by atoms with Crippen molar-refractivity contribution in [2.75, 3.05) is 5.73 Å². The van der Waals surface area contributed by atoms with Crippen LogP contribution >= 0.6 is 23.1 Å². The fourth-order valence-electron chi connectivity index (χ4n) is 1.78. The highest BCUT2D eigenvalue weighted by Gasteiger charge is 2.05. The van der Waals surface area contributed by atoms with Crippen molar-refractivity contribution < 1.29 is 0 Å². The maximum Gasteiger partial charge on any atom is 0.128 e. The van der Waals surface area contributed by atoms with Crippen LogP contribution in [0.15, 0.2) is 52.1 Å².